The minimum Gasteiger partial charge on any atom is -0.384 e. The largest absolute Gasteiger partial charge is 0.384 e. The molecular weight excluding hydrogens is 240 g/mol. The number of methoxy groups -OCH3 is 1. The van der Waals surface area contributed by atoms with Gasteiger partial charge in [-0.3, -0.25) is 4.79 Å². The summed E-state index contributed by atoms with van der Waals surface area (Å²) in [5, 5.41) is 0. The van der Waals surface area contributed by atoms with Gasteiger partial charge in [-0.15, -0.1) is 0 Å². The Morgan fingerprint density at radius 2 is 1.95 bits per heavy atom. The number of carbonyl (C=O) groups is 1. The SMILES string of the molecule is COCC1CCN(C(=O)C(C)CCCC(C)N)CC1. The van der Waals surface area contributed by atoms with Crippen LogP contribution in [0.3, 0.4) is 0 Å². The quantitative estimate of drug-likeness (QED) is 0.770. The Hall–Kier alpha value is -0.610. The summed E-state index contributed by atoms with van der Waals surface area (Å²) in [7, 11) is 1.75. The zero-order valence-corrected chi connectivity index (χ0v) is 12.7. The molecule has 4 nitrogen and oxygen atoms in total. The van der Waals surface area contributed by atoms with Gasteiger partial charge in [0, 0.05) is 38.8 Å². The first kappa shape index (κ1) is 16.4. The van der Waals surface area contributed by atoms with Gasteiger partial charge in [-0.2, -0.15) is 0 Å². The van der Waals surface area contributed by atoms with Gasteiger partial charge in [0.25, 0.3) is 0 Å². The Labute approximate surface area is 117 Å². The van der Waals surface area contributed by atoms with E-state index < -0.39 is 0 Å². The number of amides is 1. The molecule has 19 heavy (non-hydrogen) atoms. The Kier molecular flexibility index (Phi) is 7.39. The second-order valence-electron chi connectivity index (χ2n) is 6.03. The van der Waals surface area contributed by atoms with Gasteiger partial charge in [-0.25, -0.2) is 0 Å². The van der Waals surface area contributed by atoms with Gasteiger partial charge in [-0.1, -0.05) is 13.3 Å². The molecule has 0 radical (unpaired) electrons. The van der Waals surface area contributed by atoms with E-state index in [4.69, 9.17) is 10.5 Å². The van der Waals surface area contributed by atoms with E-state index in [0.717, 1.165) is 51.8 Å². The summed E-state index contributed by atoms with van der Waals surface area (Å²) in [4.78, 5) is 14.3. The maximum absolute atomic E-state index is 12.3. The lowest BCUT2D eigenvalue weighted by molar-refractivity contribution is -0.136. The van der Waals surface area contributed by atoms with Crippen LogP contribution in [0.1, 0.15) is 46.0 Å². The van der Waals surface area contributed by atoms with Crippen molar-refractivity contribution in [3.63, 3.8) is 0 Å². The van der Waals surface area contributed by atoms with E-state index >= 15 is 0 Å². The highest BCUT2D eigenvalue weighted by Crippen LogP contribution is 2.20. The van der Waals surface area contributed by atoms with E-state index in [0.29, 0.717) is 11.8 Å². The molecule has 1 amide bonds. The van der Waals surface area contributed by atoms with Crippen molar-refractivity contribution in [2.75, 3.05) is 26.8 Å². The number of hydrogen-bond acceptors (Lipinski definition) is 3. The van der Waals surface area contributed by atoms with Crippen LogP contribution < -0.4 is 5.73 Å². The van der Waals surface area contributed by atoms with Crippen LogP contribution in [-0.4, -0.2) is 43.7 Å². The number of nitrogens with zero attached hydrogens (tertiary/aromatic N) is 1. The molecule has 1 fully saturated rings. The third-order valence-electron chi connectivity index (χ3n) is 4.05. The fourth-order valence-electron chi connectivity index (χ4n) is 2.74. The molecule has 2 unspecified atom stereocenters. The van der Waals surface area contributed by atoms with E-state index in [1.54, 1.807) is 7.11 Å². The summed E-state index contributed by atoms with van der Waals surface area (Å²) >= 11 is 0. The van der Waals surface area contributed by atoms with E-state index in [1.807, 2.05) is 18.7 Å². The molecule has 0 aromatic rings. The normalized spacial score (nSPS) is 20.3. The molecule has 2 atom stereocenters. The number of nitrogens with two attached hydrogens (primary N) is 1. The molecule has 1 aliphatic heterocycles. The average Bonchev–Trinajstić information content (AvgIpc) is 2.38. The molecular formula is C15H30N2O2. The number of carbonyl (C=O) groups excluding carboxylic acids is 1. The van der Waals surface area contributed by atoms with Crippen molar-refractivity contribution < 1.29 is 9.53 Å². The second kappa shape index (κ2) is 8.54. The molecule has 1 aliphatic rings. The van der Waals surface area contributed by atoms with Gasteiger partial charge >= 0.3 is 0 Å². The van der Waals surface area contributed by atoms with E-state index in [-0.39, 0.29) is 12.0 Å². The van der Waals surface area contributed by atoms with Crippen molar-refractivity contribution in [1.82, 2.24) is 4.90 Å². The third kappa shape index (κ3) is 5.91. The van der Waals surface area contributed by atoms with Crippen molar-refractivity contribution in [1.29, 1.82) is 0 Å². The molecule has 1 heterocycles. The summed E-state index contributed by atoms with van der Waals surface area (Å²) in [5.41, 5.74) is 5.73. The summed E-state index contributed by atoms with van der Waals surface area (Å²) in [6, 6.07) is 0.243. The van der Waals surface area contributed by atoms with Crippen molar-refractivity contribution in [2.45, 2.75) is 52.0 Å². The lowest BCUT2D eigenvalue weighted by atomic mass is 9.95. The fraction of sp³-hybridized carbons (Fsp3) is 0.933. The standard InChI is InChI=1S/C15H30N2O2/c1-12(5-4-6-13(2)16)15(18)17-9-7-14(8-10-17)11-19-3/h12-14H,4-11,16H2,1-3H3. The predicted octanol–water partition coefficient (Wildman–Crippen LogP) is 2.02. The molecule has 112 valence electrons. The van der Waals surface area contributed by atoms with Crippen molar-refractivity contribution in [3.8, 4) is 0 Å². The van der Waals surface area contributed by atoms with Crippen LogP contribution in [0.15, 0.2) is 0 Å². The number of hydrogen-bond donors (Lipinski definition) is 1. The zero-order chi connectivity index (χ0) is 14.3. The van der Waals surface area contributed by atoms with Gasteiger partial charge in [0.15, 0.2) is 0 Å². The maximum atomic E-state index is 12.3. The Morgan fingerprint density at radius 1 is 1.32 bits per heavy atom. The summed E-state index contributed by atoms with van der Waals surface area (Å²) in [5.74, 6) is 1.08. The van der Waals surface area contributed by atoms with Crippen LogP contribution in [0.5, 0.6) is 0 Å². The van der Waals surface area contributed by atoms with Crippen LogP contribution in [0.2, 0.25) is 0 Å². The number of rotatable bonds is 7. The third-order valence-corrected chi connectivity index (χ3v) is 4.05. The summed E-state index contributed by atoms with van der Waals surface area (Å²) in [6.07, 6.45) is 5.16. The van der Waals surface area contributed by atoms with Gasteiger partial charge in [0.1, 0.15) is 0 Å². The molecule has 0 bridgehead atoms. The highest BCUT2D eigenvalue weighted by atomic mass is 16.5. The van der Waals surface area contributed by atoms with Crippen LogP contribution in [0.4, 0.5) is 0 Å². The molecule has 2 N–H and O–H groups in total. The number of piperidine rings is 1. The van der Waals surface area contributed by atoms with Gasteiger partial charge in [0.2, 0.25) is 5.91 Å². The summed E-state index contributed by atoms with van der Waals surface area (Å²) < 4.78 is 5.18. The first-order chi connectivity index (χ1) is 9.04. The molecule has 0 spiro atoms. The second-order valence-corrected chi connectivity index (χ2v) is 6.03. The number of ether oxygens (including phenoxy) is 1. The van der Waals surface area contributed by atoms with Crippen molar-refractivity contribution in [2.24, 2.45) is 17.6 Å². The highest BCUT2D eigenvalue weighted by molar-refractivity contribution is 5.78. The van der Waals surface area contributed by atoms with Crippen LogP contribution in [-0.2, 0) is 9.53 Å². The number of likely N-dealkylation sites (tertiary alicyclic amines) is 1. The first-order valence-corrected chi connectivity index (χ1v) is 7.58. The van der Waals surface area contributed by atoms with E-state index in [9.17, 15) is 4.79 Å². The topological polar surface area (TPSA) is 55.6 Å². The van der Waals surface area contributed by atoms with Gasteiger partial charge in [-0.05, 0) is 38.5 Å². The Bertz CT molecular complexity index is 261. The maximum Gasteiger partial charge on any atom is 0.225 e. The minimum absolute atomic E-state index is 0.137. The molecule has 0 aromatic heterocycles. The molecule has 0 saturated carbocycles. The molecule has 1 saturated heterocycles. The van der Waals surface area contributed by atoms with Crippen LogP contribution >= 0.6 is 0 Å². The lowest BCUT2D eigenvalue weighted by Gasteiger charge is -2.33. The van der Waals surface area contributed by atoms with Gasteiger partial charge in [0.05, 0.1) is 0 Å². The first-order valence-electron chi connectivity index (χ1n) is 7.58. The molecule has 4 heteroatoms. The minimum atomic E-state index is 0.137. The monoisotopic (exact) mass is 270 g/mol. The Morgan fingerprint density at radius 3 is 2.47 bits per heavy atom. The Balaban J connectivity index is 2.26. The van der Waals surface area contributed by atoms with E-state index in [2.05, 4.69) is 0 Å². The summed E-state index contributed by atoms with van der Waals surface area (Å²) in [6.45, 7) is 6.68. The fourth-order valence-corrected chi connectivity index (χ4v) is 2.74. The van der Waals surface area contributed by atoms with E-state index in [1.165, 1.54) is 0 Å². The average molecular weight is 270 g/mol. The van der Waals surface area contributed by atoms with Gasteiger partial charge < -0.3 is 15.4 Å². The van der Waals surface area contributed by atoms with Crippen molar-refractivity contribution in [3.05, 3.63) is 0 Å². The molecule has 0 aliphatic carbocycles. The molecule has 1 rings (SSSR count). The smallest absolute Gasteiger partial charge is 0.225 e. The van der Waals surface area contributed by atoms with Crippen LogP contribution in [0.25, 0.3) is 0 Å². The zero-order valence-electron chi connectivity index (χ0n) is 12.7. The highest BCUT2D eigenvalue weighted by Gasteiger charge is 2.25. The predicted molar refractivity (Wildman–Crippen MR) is 77.8 cm³/mol. The van der Waals surface area contributed by atoms with Crippen molar-refractivity contribution >= 4 is 5.91 Å². The molecule has 0 aromatic carbocycles. The van der Waals surface area contributed by atoms with Crippen LogP contribution in [0, 0.1) is 11.8 Å². The lowest BCUT2D eigenvalue weighted by Crippen LogP contribution is -2.41.